The lowest BCUT2D eigenvalue weighted by atomic mass is 10.1. The Hall–Kier alpha value is -3.43. The van der Waals surface area contributed by atoms with Crippen LogP contribution in [-0.4, -0.2) is 56.7 Å². The SMILES string of the molecule is COc1cc(N2C(=O)c3ccccc3C2=O)c(Cl)cc1C(=O)OCC(=O)NC[C@H]1CCCO1. The van der Waals surface area contributed by atoms with Crippen LogP contribution in [0.25, 0.3) is 0 Å². The Morgan fingerprint density at radius 2 is 1.88 bits per heavy atom. The van der Waals surface area contributed by atoms with Gasteiger partial charge >= 0.3 is 5.97 Å². The predicted molar refractivity (Wildman–Crippen MR) is 118 cm³/mol. The summed E-state index contributed by atoms with van der Waals surface area (Å²) in [4.78, 5) is 51.0. The molecule has 2 aromatic carbocycles. The molecule has 33 heavy (non-hydrogen) atoms. The average molecular weight is 473 g/mol. The molecule has 1 N–H and O–H groups in total. The third-order valence-electron chi connectivity index (χ3n) is 5.41. The fourth-order valence-corrected chi connectivity index (χ4v) is 3.99. The molecule has 2 aliphatic heterocycles. The predicted octanol–water partition coefficient (Wildman–Crippen LogP) is 2.60. The molecule has 0 radical (unpaired) electrons. The number of amides is 3. The minimum absolute atomic E-state index is 0.0277. The summed E-state index contributed by atoms with van der Waals surface area (Å²) < 4.78 is 15.8. The molecule has 3 amide bonds. The van der Waals surface area contributed by atoms with E-state index in [1.165, 1.54) is 19.2 Å². The lowest BCUT2D eigenvalue weighted by Crippen LogP contribution is -2.34. The molecule has 1 atom stereocenters. The van der Waals surface area contributed by atoms with Crippen molar-refractivity contribution in [3.8, 4) is 5.75 Å². The van der Waals surface area contributed by atoms with E-state index in [-0.39, 0.29) is 39.3 Å². The van der Waals surface area contributed by atoms with Gasteiger partial charge in [0.2, 0.25) is 0 Å². The number of carbonyl (C=O) groups excluding carboxylic acids is 4. The van der Waals surface area contributed by atoms with E-state index in [4.69, 9.17) is 25.8 Å². The number of imide groups is 1. The van der Waals surface area contributed by atoms with Gasteiger partial charge in [0.1, 0.15) is 11.3 Å². The summed E-state index contributed by atoms with van der Waals surface area (Å²) in [6.45, 7) is 0.528. The van der Waals surface area contributed by atoms with Gasteiger partial charge in [-0.15, -0.1) is 0 Å². The summed E-state index contributed by atoms with van der Waals surface area (Å²) in [6.07, 6.45) is 1.79. The number of hydrogen-bond acceptors (Lipinski definition) is 7. The Kier molecular flexibility index (Phi) is 6.62. The van der Waals surface area contributed by atoms with Gasteiger partial charge in [0.15, 0.2) is 6.61 Å². The van der Waals surface area contributed by atoms with Gasteiger partial charge in [0, 0.05) is 19.2 Å². The second-order valence-electron chi connectivity index (χ2n) is 7.51. The number of rotatable bonds is 7. The lowest BCUT2D eigenvalue weighted by Gasteiger charge is -2.18. The molecule has 0 aromatic heterocycles. The van der Waals surface area contributed by atoms with Crippen LogP contribution in [0.1, 0.15) is 43.9 Å². The van der Waals surface area contributed by atoms with Gasteiger partial charge in [0.05, 0.1) is 35.1 Å². The van der Waals surface area contributed by atoms with Crippen LogP contribution >= 0.6 is 11.6 Å². The van der Waals surface area contributed by atoms with Crippen molar-refractivity contribution in [3.63, 3.8) is 0 Å². The maximum atomic E-state index is 12.8. The Morgan fingerprint density at radius 3 is 2.48 bits per heavy atom. The first-order chi connectivity index (χ1) is 15.9. The zero-order chi connectivity index (χ0) is 23.5. The van der Waals surface area contributed by atoms with Crippen LogP contribution in [-0.2, 0) is 14.3 Å². The van der Waals surface area contributed by atoms with E-state index in [1.807, 2.05) is 0 Å². The van der Waals surface area contributed by atoms with Gasteiger partial charge in [-0.05, 0) is 31.0 Å². The Morgan fingerprint density at radius 1 is 1.18 bits per heavy atom. The molecule has 0 bridgehead atoms. The van der Waals surface area contributed by atoms with E-state index in [2.05, 4.69) is 5.32 Å². The van der Waals surface area contributed by atoms with Crippen LogP contribution in [0.2, 0.25) is 5.02 Å². The largest absolute Gasteiger partial charge is 0.496 e. The van der Waals surface area contributed by atoms with Crippen LogP contribution in [0, 0.1) is 0 Å². The third-order valence-corrected chi connectivity index (χ3v) is 5.71. The van der Waals surface area contributed by atoms with Crippen LogP contribution in [0.15, 0.2) is 36.4 Å². The van der Waals surface area contributed by atoms with Crippen LogP contribution in [0.4, 0.5) is 5.69 Å². The topological polar surface area (TPSA) is 111 Å². The molecule has 9 nitrogen and oxygen atoms in total. The molecule has 0 spiro atoms. The number of nitrogens with zero attached hydrogens (tertiary/aromatic N) is 1. The van der Waals surface area contributed by atoms with Crippen molar-refractivity contribution in [1.82, 2.24) is 5.32 Å². The number of fused-ring (bicyclic) bond motifs is 1. The van der Waals surface area contributed by atoms with E-state index in [9.17, 15) is 19.2 Å². The average Bonchev–Trinajstić information content (AvgIpc) is 3.43. The van der Waals surface area contributed by atoms with Crippen molar-refractivity contribution in [3.05, 3.63) is 58.1 Å². The quantitative estimate of drug-likeness (QED) is 0.487. The standard InChI is InChI=1S/C23H21ClN2O7/c1-31-19-10-18(26-21(28)14-6-2-3-7-15(14)22(26)29)17(24)9-16(19)23(30)33-12-20(27)25-11-13-5-4-8-32-13/h2-3,6-7,9-10,13H,4-5,8,11-12H2,1H3,(H,25,27)/t13-/m1/s1. The molecule has 172 valence electrons. The van der Waals surface area contributed by atoms with Crippen LogP contribution in [0.5, 0.6) is 5.75 Å². The fraction of sp³-hybridized carbons (Fsp3) is 0.304. The summed E-state index contributed by atoms with van der Waals surface area (Å²) in [7, 11) is 1.32. The molecule has 10 heteroatoms. The fourth-order valence-electron chi connectivity index (χ4n) is 3.74. The summed E-state index contributed by atoms with van der Waals surface area (Å²) in [6, 6.07) is 8.98. The van der Waals surface area contributed by atoms with E-state index < -0.39 is 30.3 Å². The van der Waals surface area contributed by atoms with E-state index in [1.54, 1.807) is 24.3 Å². The van der Waals surface area contributed by atoms with Gasteiger partial charge in [-0.2, -0.15) is 0 Å². The smallest absolute Gasteiger partial charge is 0.342 e. The molecular weight excluding hydrogens is 452 g/mol. The summed E-state index contributed by atoms with van der Waals surface area (Å²) in [5.74, 6) is -2.33. The van der Waals surface area contributed by atoms with E-state index >= 15 is 0 Å². The molecule has 0 aliphatic carbocycles. The number of ether oxygens (including phenoxy) is 3. The number of hydrogen-bond donors (Lipinski definition) is 1. The minimum Gasteiger partial charge on any atom is -0.496 e. The highest BCUT2D eigenvalue weighted by Gasteiger charge is 2.38. The normalized spacial score (nSPS) is 17.2. The summed E-state index contributed by atoms with van der Waals surface area (Å²) in [5.41, 5.74) is 0.547. The highest BCUT2D eigenvalue weighted by Crippen LogP contribution is 2.38. The number of anilines is 1. The highest BCUT2D eigenvalue weighted by molar-refractivity contribution is 6.40. The number of methoxy groups -OCH3 is 1. The molecule has 0 unspecified atom stereocenters. The Balaban J connectivity index is 1.47. The Bertz CT molecular complexity index is 1090. The van der Waals surface area contributed by atoms with E-state index in [0.717, 1.165) is 17.7 Å². The van der Waals surface area contributed by atoms with Crippen molar-refractivity contribution in [2.24, 2.45) is 0 Å². The van der Waals surface area contributed by atoms with Gasteiger partial charge < -0.3 is 19.5 Å². The molecular formula is C23H21ClN2O7. The molecule has 2 heterocycles. The number of benzene rings is 2. The molecule has 1 fully saturated rings. The molecule has 4 rings (SSSR count). The lowest BCUT2D eigenvalue weighted by molar-refractivity contribution is -0.124. The van der Waals surface area contributed by atoms with Crippen LogP contribution < -0.4 is 15.0 Å². The highest BCUT2D eigenvalue weighted by atomic mass is 35.5. The van der Waals surface area contributed by atoms with Gasteiger partial charge in [-0.1, -0.05) is 23.7 Å². The molecule has 2 aliphatic rings. The monoisotopic (exact) mass is 472 g/mol. The zero-order valence-electron chi connectivity index (χ0n) is 17.8. The summed E-state index contributed by atoms with van der Waals surface area (Å²) in [5, 5.41) is 2.63. The number of halogens is 1. The summed E-state index contributed by atoms with van der Waals surface area (Å²) >= 11 is 6.34. The second-order valence-corrected chi connectivity index (χ2v) is 7.92. The first-order valence-corrected chi connectivity index (χ1v) is 10.7. The zero-order valence-corrected chi connectivity index (χ0v) is 18.5. The number of esters is 1. The van der Waals surface area contributed by atoms with Crippen molar-refractivity contribution >= 4 is 41.0 Å². The van der Waals surface area contributed by atoms with Gasteiger partial charge in [0.25, 0.3) is 17.7 Å². The molecule has 2 aromatic rings. The van der Waals surface area contributed by atoms with Crippen molar-refractivity contribution in [2.75, 3.05) is 31.8 Å². The maximum absolute atomic E-state index is 12.8. The maximum Gasteiger partial charge on any atom is 0.342 e. The first kappa shape index (κ1) is 22.8. The second kappa shape index (κ2) is 9.60. The molecule has 1 saturated heterocycles. The number of carbonyl (C=O) groups is 4. The van der Waals surface area contributed by atoms with E-state index in [0.29, 0.717) is 13.2 Å². The van der Waals surface area contributed by atoms with Crippen molar-refractivity contribution < 1.29 is 33.4 Å². The molecule has 0 saturated carbocycles. The van der Waals surface area contributed by atoms with Crippen molar-refractivity contribution in [2.45, 2.75) is 18.9 Å². The third kappa shape index (κ3) is 4.55. The van der Waals surface area contributed by atoms with Crippen LogP contribution in [0.3, 0.4) is 0 Å². The van der Waals surface area contributed by atoms with Crippen molar-refractivity contribution in [1.29, 1.82) is 0 Å². The van der Waals surface area contributed by atoms with Gasteiger partial charge in [-0.3, -0.25) is 14.4 Å². The minimum atomic E-state index is -0.838. The Labute approximate surface area is 194 Å². The van der Waals surface area contributed by atoms with Gasteiger partial charge in [-0.25, -0.2) is 9.69 Å². The number of nitrogens with one attached hydrogen (secondary N) is 1. The first-order valence-electron chi connectivity index (χ1n) is 10.3.